The second-order valence-electron chi connectivity index (χ2n) is 4.59. The van der Waals surface area contributed by atoms with Crippen LogP contribution in [0.4, 0.5) is 0 Å². The first-order chi connectivity index (χ1) is 8.91. The van der Waals surface area contributed by atoms with E-state index in [0.717, 1.165) is 5.56 Å². The van der Waals surface area contributed by atoms with Gasteiger partial charge in [0.2, 0.25) is 0 Å². The van der Waals surface area contributed by atoms with Crippen molar-refractivity contribution in [3.8, 4) is 0 Å². The van der Waals surface area contributed by atoms with Crippen molar-refractivity contribution in [2.24, 2.45) is 7.05 Å². The van der Waals surface area contributed by atoms with Crippen LogP contribution in [0.3, 0.4) is 0 Å². The highest BCUT2D eigenvalue weighted by molar-refractivity contribution is 6.10. The van der Waals surface area contributed by atoms with Crippen LogP contribution in [0, 0.1) is 13.8 Å². The van der Waals surface area contributed by atoms with E-state index in [1.54, 1.807) is 26.1 Å². The zero-order chi connectivity index (χ0) is 14.2. The first-order valence-electron chi connectivity index (χ1n) is 5.92. The highest BCUT2D eigenvalue weighted by atomic mass is 16.4. The fraction of sp³-hybridized carbons (Fsp3) is 0.200. The van der Waals surface area contributed by atoms with Gasteiger partial charge in [-0.2, -0.15) is 0 Å². The second kappa shape index (κ2) is 4.72. The van der Waals surface area contributed by atoms with E-state index < -0.39 is 5.97 Å². The molecule has 98 valence electrons. The molecule has 19 heavy (non-hydrogen) atoms. The van der Waals surface area contributed by atoms with E-state index in [-0.39, 0.29) is 11.5 Å². The van der Waals surface area contributed by atoms with Crippen LogP contribution in [0.15, 0.2) is 30.3 Å². The monoisotopic (exact) mass is 257 g/mol. The number of rotatable bonds is 3. The molecular formula is C15H15NO3. The van der Waals surface area contributed by atoms with E-state index in [2.05, 4.69) is 0 Å². The lowest BCUT2D eigenvalue weighted by atomic mass is 10.0. The summed E-state index contributed by atoms with van der Waals surface area (Å²) in [5, 5.41) is 9.06. The zero-order valence-corrected chi connectivity index (χ0v) is 11.1. The maximum Gasteiger partial charge on any atom is 0.352 e. The molecule has 2 rings (SSSR count). The van der Waals surface area contributed by atoms with Crippen molar-refractivity contribution < 1.29 is 14.7 Å². The average molecular weight is 257 g/mol. The number of carbonyl (C=O) groups excluding carboxylic acids is 1. The highest BCUT2D eigenvalue weighted by Gasteiger charge is 2.20. The van der Waals surface area contributed by atoms with Crippen LogP contribution < -0.4 is 0 Å². The van der Waals surface area contributed by atoms with Gasteiger partial charge in [-0.3, -0.25) is 4.79 Å². The minimum atomic E-state index is -1.03. The number of carbonyl (C=O) groups is 2. The molecule has 0 bridgehead atoms. The van der Waals surface area contributed by atoms with Crippen molar-refractivity contribution in [3.05, 3.63) is 58.4 Å². The molecule has 0 unspecified atom stereocenters. The molecule has 1 N–H and O–H groups in total. The number of aryl methyl sites for hydroxylation is 1. The summed E-state index contributed by atoms with van der Waals surface area (Å²) >= 11 is 0. The smallest absolute Gasteiger partial charge is 0.352 e. The van der Waals surface area contributed by atoms with Crippen molar-refractivity contribution in [2.45, 2.75) is 13.8 Å². The molecule has 4 heteroatoms. The van der Waals surface area contributed by atoms with E-state index in [1.807, 2.05) is 19.1 Å². The van der Waals surface area contributed by atoms with Crippen LogP contribution in [0.25, 0.3) is 0 Å². The number of nitrogens with zero attached hydrogens (tertiary/aromatic N) is 1. The van der Waals surface area contributed by atoms with Gasteiger partial charge in [-0.25, -0.2) is 4.79 Å². The molecule has 1 aromatic carbocycles. The maximum absolute atomic E-state index is 12.4. The third-order valence-corrected chi connectivity index (χ3v) is 3.31. The summed E-state index contributed by atoms with van der Waals surface area (Å²) in [5.41, 5.74) is 2.85. The summed E-state index contributed by atoms with van der Waals surface area (Å²) in [4.78, 5) is 23.4. The number of hydrogen-bond donors (Lipinski definition) is 1. The van der Waals surface area contributed by atoms with Crippen LogP contribution in [-0.4, -0.2) is 21.4 Å². The maximum atomic E-state index is 12.4. The Morgan fingerprint density at radius 1 is 1.11 bits per heavy atom. The van der Waals surface area contributed by atoms with E-state index in [1.165, 1.54) is 10.6 Å². The summed E-state index contributed by atoms with van der Waals surface area (Å²) in [6.07, 6.45) is 0. The standard InChI is InChI=1S/C15H15NO3/c1-9-4-6-11(7-5-9)14(17)12-8-13(15(18)19)16(3)10(12)2/h4-8H,1-3H3,(H,18,19). The average Bonchev–Trinajstić information content (AvgIpc) is 2.67. The van der Waals surface area contributed by atoms with Crippen LogP contribution >= 0.6 is 0 Å². The molecule has 0 amide bonds. The quantitative estimate of drug-likeness (QED) is 0.860. The first kappa shape index (κ1) is 13.1. The van der Waals surface area contributed by atoms with Gasteiger partial charge in [0.05, 0.1) is 0 Å². The fourth-order valence-corrected chi connectivity index (χ4v) is 1.99. The predicted molar refractivity (Wildman–Crippen MR) is 71.7 cm³/mol. The van der Waals surface area contributed by atoms with Gasteiger partial charge in [-0.05, 0) is 19.9 Å². The lowest BCUT2D eigenvalue weighted by Crippen LogP contribution is -2.05. The van der Waals surface area contributed by atoms with E-state index in [9.17, 15) is 9.59 Å². The van der Waals surface area contributed by atoms with Gasteiger partial charge >= 0.3 is 5.97 Å². The third-order valence-electron chi connectivity index (χ3n) is 3.31. The Bertz CT molecular complexity index is 651. The van der Waals surface area contributed by atoms with Crippen LogP contribution in [0.1, 0.15) is 37.7 Å². The molecule has 0 aliphatic carbocycles. The second-order valence-corrected chi connectivity index (χ2v) is 4.59. The van der Waals surface area contributed by atoms with Crippen LogP contribution in [0.5, 0.6) is 0 Å². The SMILES string of the molecule is Cc1ccc(C(=O)c2cc(C(=O)O)n(C)c2C)cc1. The summed E-state index contributed by atoms with van der Waals surface area (Å²) in [6, 6.07) is 8.67. The summed E-state index contributed by atoms with van der Waals surface area (Å²) in [5.74, 6) is -1.19. The van der Waals surface area contributed by atoms with Gasteiger partial charge in [-0.15, -0.1) is 0 Å². The highest BCUT2D eigenvalue weighted by Crippen LogP contribution is 2.18. The van der Waals surface area contributed by atoms with Gasteiger partial charge in [0.1, 0.15) is 5.69 Å². The van der Waals surface area contributed by atoms with Gasteiger partial charge in [0.15, 0.2) is 5.78 Å². The molecule has 0 fully saturated rings. The predicted octanol–water partition coefficient (Wildman–Crippen LogP) is 2.57. The topological polar surface area (TPSA) is 59.3 Å². The molecule has 4 nitrogen and oxygen atoms in total. The van der Waals surface area contributed by atoms with Gasteiger partial charge in [-0.1, -0.05) is 29.8 Å². The summed E-state index contributed by atoms with van der Waals surface area (Å²) in [7, 11) is 1.64. The fourth-order valence-electron chi connectivity index (χ4n) is 1.99. The lowest BCUT2D eigenvalue weighted by molar-refractivity contribution is 0.0686. The van der Waals surface area contributed by atoms with Crippen molar-refractivity contribution in [2.75, 3.05) is 0 Å². The van der Waals surface area contributed by atoms with E-state index in [4.69, 9.17) is 5.11 Å². The molecule has 1 heterocycles. The van der Waals surface area contributed by atoms with Gasteiger partial charge < -0.3 is 9.67 Å². The van der Waals surface area contributed by atoms with E-state index in [0.29, 0.717) is 16.8 Å². The number of ketones is 1. The minimum absolute atomic E-state index is 0.118. The number of hydrogen-bond acceptors (Lipinski definition) is 2. The molecule has 0 atom stereocenters. The Balaban J connectivity index is 2.47. The number of carboxylic acid groups (broad SMARTS) is 1. The van der Waals surface area contributed by atoms with Crippen LogP contribution in [-0.2, 0) is 7.05 Å². The zero-order valence-electron chi connectivity index (χ0n) is 11.1. The molecule has 0 aliphatic rings. The van der Waals surface area contributed by atoms with E-state index >= 15 is 0 Å². The number of benzene rings is 1. The number of aromatic carboxylic acids is 1. The molecule has 0 aliphatic heterocycles. The molecular weight excluding hydrogens is 242 g/mol. The lowest BCUT2D eigenvalue weighted by Gasteiger charge is -2.03. The van der Waals surface area contributed by atoms with Crippen molar-refractivity contribution in [1.29, 1.82) is 0 Å². The van der Waals surface area contributed by atoms with Crippen molar-refractivity contribution in [3.63, 3.8) is 0 Å². The van der Waals surface area contributed by atoms with Gasteiger partial charge in [0.25, 0.3) is 0 Å². The Morgan fingerprint density at radius 3 is 2.16 bits per heavy atom. The molecule has 0 saturated carbocycles. The summed E-state index contributed by atoms with van der Waals surface area (Å²) in [6.45, 7) is 3.69. The Morgan fingerprint density at radius 2 is 1.68 bits per heavy atom. The Kier molecular flexibility index (Phi) is 3.25. The van der Waals surface area contributed by atoms with Crippen LogP contribution in [0.2, 0.25) is 0 Å². The Hall–Kier alpha value is -2.36. The van der Waals surface area contributed by atoms with Crippen molar-refractivity contribution >= 4 is 11.8 Å². The van der Waals surface area contributed by atoms with Gasteiger partial charge in [0, 0.05) is 23.9 Å². The molecule has 1 aromatic heterocycles. The molecule has 2 aromatic rings. The molecule has 0 saturated heterocycles. The number of aromatic nitrogens is 1. The molecule has 0 spiro atoms. The molecule has 0 radical (unpaired) electrons. The number of carboxylic acids is 1. The largest absolute Gasteiger partial charge is 0.477 e. The third kappa shape index (κ3) is 2.29. The first-order valence-corrected chi connectivity index (χ1v) is 5.92. The normalized spacial score (nSPS) is 10.5. The summed E-state index contributed by atoms with van der Waals surface area (Å²) < 4.78 is 1.52. The minimum Gasteiger partial charge on any atom is -0.477 e. The Labute approximate surface area is 111 Å². The van der Waals surface area contributed by atoms with Crippen molar-refractivity contribution in [1.82, 2.24) is 4.57 Å².